The van der Waals surface area contributed by atoms with Crippen LogP contribution in [-0.4, -0.2) is 41.4 Å². The summed E-state index contributed by atoms with van der Waals surface area (Å²) in [6, 6.07) is 4.39. The van der Waals surface area contributed by atoms with Crippen LogP contribution in [0.4, 0.5) is 0 Å². The summed E-state index contributed by atoms with van der Waals surface area (Å²) in [7, 11) is -11.7. The highest BCUT2D eigenvalue weighted by atomic mass is 32.3. The molecule has 1 aliphatic heterocycles. The topological polar surface area (TPSA) is 68.3 Å². The normalized spacial score (nSPS) is 27.4. The summed E-state index contributed by atoms with van der Waals surface area (Å²) in [4.78, 5) is 0. The third-order valence-corrected chi connectivity index (χ3v) is 32.4. The van der Waals surface area contributed by atoms with E-state index in [0.29, 0.717) is 0 Å². The Hall–Kier alpha value is 0.334. The molecule has 22 heavy (non-hydrogen) atoms. The molecule has 1 saturated heterocycles. The molecule has 0 aromatic rings. The van der Waals surface area contributed by atoms with Crippen molar-refractivity contribution in [2.24, 2.45) is 0 Å². The molecule has 0 saturated carbocycles. The molecule has 4 nitrogen and oxygen atoms in total. The molecule has 0 aliphatic carbocycles. The molecule has 8 heteroatoms. The van der Waals surface area contributed by atoms with Crippen molar-refractivity contribution in [1.82, 2.24) is 0 Å². The van der Waals surface area contributed by atoms with Crippen molar-refractivity contribution >= 4 is 35.8 Å². The van der Waals surface area contributed by atoms with Gasteiger partial charge in [0.15, 0.2) is 28.1 Å². The Kier molecular flexibility index (Phi) is 6.19. The zero-order valence-corrected chi connectivity index (χ0v) is 18.5. The van der Waals surface area contributed by atoms with Crippen LogP contribution in [0.2, 0.25) is 36.3 Å². The Bertz CT molecular complexity index is 500. The van der Waals surface area contributed by atoms with Crippen molar-refractivity contribution in [3.63, 3.8) is 0 Å². The predicted octanol–water partition coefficient (Wildman–Crippen LogP) is 3.58. The van der Waals surface area contributed by atoms with E-state index in [1.807, 2.05) is 41.5 Å². The summed E-state index contributed by atoms with van der Waals surface area (Å²) in [6.45, 7) is 11.8. The Labute approximate surface area is 138 Å². The Balaban J connectivity index is 3.51. The minimum atomic E-state index is -3.52. The third kappa shape index (κ3) is 2.57. The monoisotopic (exact) mass is 384 g/mol. The molecule has 1 rings (SSSR count). The van der Waals surface area contributed by atoms with Gasteiger partial charge < -0.3 is 0 Å². The lowest BCUT2D eigenvalue weighted by atomic mass is 10.9. The summed E-state index contributed by atoms with van der Waals surface area (Å²) < 4.78 is 50.3. The van der Waals surface area contributed by atoms with E-state index in [4.69, 9.17) is 0 Å². The molecule has 0 spiro atoms. The van der Waals surface area contributed by atoms with Gasteiger partial charge in [0.2, 0.25) is 0 Å². The van der Waals surface area contributed by atoms with E-state index < -0.39 is 44.2 Å². The molecule has 0 unspecified atom stereocenters. The molecule has 132 valence electrons. The summed E-state index contributed by atoms with van der Waals surface area (Å²) in [5.74, 6) is 0. The zero-order chi connectivity index (χ0) is 17.4. The average molecular weight is 385 g/mol. The van der Waals surface area contributed by atoms with Crippen LogP contribution in [-0.2, 0) is 19.7 Å². The largest absolute Gasteiger partial charge is 0.227 e. The van der Waals surface area contributed by atoms with Crippen LogP contribution in [0.5, 0.6) is 0 Å². The molecule has 0 N–H and O–H groups in total. The number of hydrogen-bond donors (Lipinski definition) is 0. The van der Waals surface area contributed by atoms with Crippen LogP contribution >= 0.6 is 0 Å². The summed E-state index contributed by atoms with van der Waals surface area (Å²) in [5.41, 5.74) is 0. The zero-order valence-electron chi connectivity index (χ0n) is 14.8. The van der Waals surface area contributed by atoms with E-state index in [9.17, 15) is 16.8 Å². The molecular weight excluding hydrogens is 352 g/mol. The van der Waals surface area contributed by atoms with Gasteiger partial charge in [-0.25, -0.2) is 16.8 Å². The maximum Gasteiger partial charge on any atom is 0.178 e. The Morgan fingerprint density at radius 3 is 0.864 bits per heavy atom. The lowest BCUT2D eigenvalue weighted by Crippen LogP contribution is -2.74. The van der Waals surface area contributed by atoms with Gasteiger partial charge in [-0.3, -0.25) is 0 Å². The predicted molar refractivity (Wildman–Crippen MR) is 99.8 cm³/mol. The first kappa shape index (κ1) is 20.4. The minimum absolute atomic E-state index is 0.731. The van der Waals surface area contributed by atoms with Crippen LogP contribution < -0.4 is 0 Å². The lowest BCUT2D eigenvalue weighted by Gasteiger charge is -2.51. The van der Waals surface area contributed by atoms with Crippen molar-refractivity contribution in [2.45, 2.75) is 86.2 Å². The van der Waals surface area contributed by atoms with Gasteiger partial charge in [-0.15, -0.1) is 0 Å². The highest BCUT2D eigenvalue weighted by Gasteiger charge is 2.72. The van der Waals surface area contributed by atoms with Gasteiger partial charge in [0, 0.05) is 0 Å². The average Bonchev–Trinajstić information content (AvgIpc) is 2.49. The second-order valence-corrected chi connectivity index (χ2v) is 24.0. The van der Waals surface area contributed by atoms with E-state index in [0.717, 1.165) is 36.3 Å². The van der Waals surface area contributed by atoms with Crippen molar-refractivity contribution in [3.05, 3.63) is 0 Å². The van der Waals surface area contributed by atoms with Crippen LogP contribution in [0.3, 0.4) is 0 Å². The first-order valence-electron chi connectivity index (χ1n) is 8.55. The van der Waals surface area contributed by atoms with E-state index >= 15 is 0 Å². The second kappa shape index (κ2) is 6.68. The standard InChI is InChI=1S/C14H32O4S2Si2/c1-7-21(8-2,9-3)13-19(15,16)14(20(13,17)18)22(10-4,11-5)12-6/h13-14H,7-12H2,1-6H3. The summed E-state index contributed by atoms with van der Waals surface area (Å²) >= 11 is 0. The van der Waals surface area contributed by atoms with Gasteiger partial charge in [0.05, 0.1) is 16.1 Å². The van der Waals surface area contributed by atoms with Crippen molar-refractivity contribution in [3.8, 4) is 0 Å². The molecule has 1 aliphatic rings. The molecular formula is C14H32O4S2Si2. The van der Waals surface area contributed by atoms with Gasteiger partial charge in [0.25, 0.3) is 0 Å². The van der Waals surface area contributed by atoms with Crippen LogP contribution in [0, 0.1) is 0 Å². The molecule has 1 fully saturated rings. The van der Waals surface area contributed by atoms with Crippen LogP contribution in [0.1, 0.15) is 41.5 Å². The maximum atomic E-state index is 13.1. The molecule has 0 radical (unpaired) electrons. The van der Waals surface area contributed by atoms with Crippen molar-refractivity contribution in [2.75, 3.05) is 0 Å². The summed E-state index contributed by atoms with van der Waals surface area (Å²) in [5, 5.41) is 0. The first-order valence-corrected chi connectivity index (χ1v) is 17.2. The Morgan fingerprint density at radius 2 is 0.727 bits per heavy atom. The molecule has 0 amide bonds. The van der Waals surface area contributed by atoms with E-state index in [1.165, 1.54) is 0 Å². The number of hydrogen-bond acceptors (Lipinski definition) is 4. The molecule has 0 bridgehead atoms. The first-order chi connectivity index (χ1) is 10.1. The third-order valence-electron chi connectivity index (χ3n) is 6.42. The van der Waals surface area contributed by atoms with Gasteiger partial charge in [-0.05, 0) is 0 Å². The molecule has 1 heterocycles. The maximum absolute atomic E-state index is 13.1. The fourth-order valence-electron chi connectivity index (χ4n) is 4.44. The summed E-state index contributed by atoms with van der Waals surface area (Å²) in [6.07, 6.45) is 0. The fraction of sp³-hybridized carbons (Fsp3) is 1.00. The second-order valence-electron chi connectivity index (χ2n) is 6.69. The van der Waals surface area contributed by atoms with Crippen LogP contribution in [0.15, 0.2) is 0 Å². The lowest BCUT2D eigenvalue weighted by molar-refractivity contribution is 0.566. The quantitative estimate of drug-likeness (QED) is 0.600. The van der Waals surface area contributed by atoms with Gasteiger partial charge in [0.1, 0.15) is 0 Å². The van der Waals surface area contributed by atoms with E-state index in [1.54, 1.807) is 0 Å². The van der Waals surface area contributed by atoms with E-state index in [2.05, 4.69) is 0 Å². The van der Waals surface area contributed by atoms with Crippen molar-refractivity contribution in [1.29, 1.82) is 0 Å². The highest BCUT2D eigenvalue weighted by molar-refractivity contribution is 8.29. The smallest absolute Gasteiger partial charge is 0.178 e. The van der Waals surface area contributed by atoms with Gasteiger partial charge in [-0.1, -0.05) is 77.8 Å². The Morgan fingerprint density at radius 1 is 0.545 bits per heavy atom. The van der Waals surface area contributed by atoms with E-state index in [-0.39, 0.29) is 0 Å². The highest BCUT2D eigenvalue weighted by Crippen LogP contribution is 2.49. The number of sulfone groups is 2. The molecule has 0 atom stereocenters. The van der Waals surface area contributed by atoms with Gasteiger partial charge in [-0.2, -0.15) is 0 Å². The van der Waals surface area contributed by atoms with Crippen molar-refractivity contribution < 1.29 is 16.8 Å². The molecule has 0 aromatic heterocycles. The fourth-order valence-corrected chi connectivity index (χ4v) is 34.2. The SMILES string of the molecule is CC[Si](CC)(CC)C1S(=O)(=O)C([Si](CC)(CC)CC)S1(=O)=O. The number of rotatable bonds is 8. The molecule has 0 aromatic carbocycles. The van der Waals surface area contributed by atoms with Crippen LogP contribution in [0.25, 0.3) is 0 Å². The minimum Gasteiger partial charge on any atom is -0.227 e. The van der Waals surface area contributed by atoms with Gasteiger partial charge >= 0.3 is 0 Å².